The fraction of sp³-hybridized carbons (Fsp3) is 0.300. The second-order valence-corrected chi connectivity index (χ2v) is 2.54. The van der Waals surface area contributed by atoms with Gasteiger partial charge in [0.1, 0.15) is 11.5 Å². The molecule has 0 spiro atoms. The van der Waals surface area contributed by atoms with Crippen LogP contribution in [0.3, 0.4) is 0 Å². The number of carbonyl (C=O) groups excluding carboxylic acids is 1. The lowest BCUT2D eigenvalue weighted by atomic mass is 10.1. The Kier molecular flexibility index (Phi) is 3.31. The molecule has 0 bridgehead atoms. The van der Waals surface area contributed by atoms with Gasteiger partial charge in [-0.3, -0.25) is 4.79 Å². The molecule has 0 radical (unpaired) electrons. The third kappa shape index (κ3) is 2.21. The standard InChI is InChI=1S/C10H12O3/c1-3-8-6-9(13-7-11)4-5-10(8)12-2/h4-7H,3H2,1-2H3. The van der Waals surface area contributed by atoms with Crippen LogP contribution in [0.25, 0.3) is 0 Å². The molecular formula is C10H12O3. The number of hydrogen-bond donors (Lipinski definition) is 0. The highest BCUT2D eigenvalue weighted by Crippen LogP contribution is 2.23. The largest absolute Gasteiger partial charge is 0.496 e. The zero-order valence-corrected chi connectivity index (χ0v) is 7.74. The van der Waals surface area contributed by atoms with Crippen LogP contribution in [0.2, 0.25) is 0 Å². The molecule has 1 aromatic carbocycles. The average molecular weight is 180 g/mol. The van der Waals surface area contributed by atoms with E-state index in [4.69, 9.17) is 9.47 Å². The molecule has 0 heterocycles. The van der Waals surface area contributed by atoms with E-state index in [1.54, 1.807) is 25.3 Å². The Morgan fingerprint density at radius 1 is 1.46 bits per heavy atom. The van der Waals surface area contributed by atoms with Gasteiger partial charge in [0.05, 0.1) is 7.11 Å². The van der Waals surface area contributed by atoms with Crippen molar-refractivity contribution in [3.05, 3.63) is 23.8 Å². The predicted octanol–water partition coefficient (Wildman–Crippen LogP) is 1.79. The number of aryl methyl sites for hydroxylation is 1. The SMILES string of the molecule is CCc1cc(OC=O)ccc1OC. The molecule has 0 saturated carbocycles. The number of rotatable bonds is 4. The van der Waals surface area contributed by atoms with E-state index >= 15 is 0 Å². The molecule has 0 aliphatic carbocycles. The van der Waals surface area contributed by atoms with Gasteiger partial charge >= 0.3 is 0 Å². The minimum absolute atomic E-state index is 0.418. The first-order valence-electron chi connectivity index (χ1n) is 4.09. The molecule has 1 rings (SSSR count). The highest BCUT2D eigenvalue weighted by Gasteiger charge is 2.02. The first-order valence-corrected chi connectivity index (χ1v) is 4.09. The lowest BCUT2D eigenvalue weighted by molar-refractivity contribution is -0.120. The van der Waals surface area contributed by atoms with E-state index in [9.17, 15) is 4.79 Å². The Morgan fingerprint density at radius 2 is 2.23 bits per heavy atom. The summed E-state index contributed by atoms with van der Waals surface area (Å²) in [5.74, 6) is 1.37. The smallest absolute Gasteiger partial charge is 0.298 e. The molecule has 0 saturated heterocycles. The van der Waals surface area contributed by atoms with Gasteiger partial charge in [-0.25, -0.2) is 0 Å². The van der Waals surface area contributed by atoms with Crippen LogP contribution in [0.15, 0.2) is 18.2 Å². The summed E-state index contributed by atoms with van der Waals surface area (Å²) in [7, 11) is 1.62. The molecule has 0 aromatic heterocycles. The van der Waals surface area contributed by atoms with E-state index < -0.39 is 0 Å². The molecule has 3 nitrogen and oxygen atoms in total. The van der Waals surface area contributed by atoms with Crippen molar-refractivity contribution >= 4 is 6.47 Å². The van der Waals surface area contributed by atoms with Crippen LogP contribution in [0.4, 0.5) is 0 Å². The molecule has 70 valence electrons. The number of hydrogen-bond acceptors (Lipinski definition) is 3. The van der Waals surface area contributed by atoms with Crippen molar-refractivity contribution in [2.24, 2.45) is 0 Å². The van der Waals surface area contributed by atoms with Crippen LogP contribution in [-0.2, 0) is 11.2 Å². The van der Waals surface area contributed by atoms with E-state index in [0.29, 0.717) is 12.2 Å². The van der Waals surface area contributed by atoms with Gasteiger partial charge in [-0.1, -0.05) is 6.92 Å². The summed E-state index contributed by atoms with van der Waals surface area (Å²) in [5, 5.41) is 0. The first-order chi connectivity index (χ1) is 6.31. The summed E-state index contributed by atoms with van der Waals surface area (Å²) in [6.45, 7) is 2.43. The zero-order valence-electron chi connectivity index (χ0n) is 7.74. The summed E-state index contributed by atoms with van der Waals surface area (Å²) < 4.78 is 9.84. The first kappa shape index (κ1) is 9.58. The number of carbonyl (C=O) groups is 1. The van der Waals surface area contributed by atoms with Gasteiger partial charge in [0, 0.05) is 0 Å². The maximum Gasteiger partial charge on any atom is 0.298 e. The third-order valence-electron chi connectivity index (χ3n) is 1.82. The van der Waals surface area contributed by atoms with Crippen molar-refractivity contribution in [3.63, 3.8) is 0 Å². The number of benzene rings is 1. The molecule has 0 fully saturated rings. The fourth-order valence-corrected chi connectivity index (χ4v) is 1.16. The quantitative estimate of drug-likeness (QED) is 0.663. The molecule has 1 aromatic rings. The molecule has 0 N–H and O–H groups in total. The van der Waals surface area contributed by atoms with Crippen LogP contribution < -0.4 is 9.47 Å². The van der Waals surface area contributed by atoms with Crippen molar-refractivity contribution in [2.75, 3.05) is 7.11 Å². The minimum Gasteiger partial charge on any atom is -0.496 e. The zero-order chi connectivity index (χ0) is 9.68. The Bertz CT molecular complexity index is 294. The molecule has 0 aliphatic rings. The maximum absolute atomic E-state index is 10.1. The van der Waals surface area contributed by atoms with Gasteiger partial charge in [0.25, 0.3) is 6.47 Å². The van der Waals surface area contributed by atoms with Crippen LogP contribution >= 0.6 is 0 Å². The van der Waals surface area contributed by atoms with E-state index in [2.05, 4.69) is 0 Å². The minimum atomic E-state index is 0.418. The average Bonchev–Trinajstić information content (AvgIpc) is 2.18. The van der Waals surface area contributed by atoms with Crippen molar-refractivity contribution < 1.29 is 14.3 Å². The lowest BCUT2D eigenvalue weighted by Crippen LogP contribution is -1.93. The van der Waals surface area contributed by atoms with E-state index in [0.717, 1.165) is 17.7 Å². The van der Waals surface area contributed by atoms with E-state index in [1.165, 1.54) is 0 Å². The van der Waals surface area contributed by atoms with E-state index in [-0.39, 0.29) is 0 Å². The van der Waals surface area contributed by atoms with Gasteiger partial charge in [0.15, 0.2) is 0 Å². The molecule has 0 amide bonds. The fourth-order valence-electron chi connectivity index (χ4n) is 1.16. The molecule has 3 heteroatoms. The van der Waals surface area contributed by atoms with Crippen LogP contribution in [0.5, 0.6) is 11.5 Å². The molecule has 0 aliphatic heterocycles. The Labute approximate surface area is 77.3 Å². The molecule has 0 unspecified atom stereocenters. The second-order valence-electron chi connectivity index (χ2n) is 2.54. The maximum atomic E-state index is 10.1. The predicted molar refractivity (Wildman–Crippen MR) is 49.1 cm³/mol. The molecular weight excluding hydrogens is 168 g/mol. The molecule has 0 atom stereocenters. The van der Waals surface area contributed by atoms with Gasteiger partial charge < -0.3 is 9.47 Å². The van der Waals surface area contributed by atoms with Crippen molar-refractivity contribution in [1.82, 2.24) is 0 Å². The number of ether oxygens (including phenoxy) is 2. The summed E-state index contributed by atoms with van der Waals surface area (Å²) in [6.07, 6.45) is 0.846. The third-order valence-corrected chi connectivity index (χ3v) is 1.82. The van der Waals surface area contributed by atoms with Crippen molar-refractivity contribution in [3.8, 4) is 11.5 Å². The van der Waals surface area contributed by atoms with Crippen LogP contribution in [0.1, 0.15) is 12.5 Å². The van der Waals surface area contributed by atoms with Gasteiger partial charge in [-0.2, -0.15) is 0 Å². The van der Waals surface area contributed by atoms with E-state index in [1.807, 2.05) is 6.92 Å². The summed E-state index contributed by atoms with van der Waals surface area (Å²) >= 11 is 0. The number of methoxy groups -OCH3 is 1. The Balaban J connectivity index is 2.98. The Morgan fingerprint density at radius 3 is 2.77 bits per heavy atom. The summed E-state index contributed by atoms with van der Waals surface area (Å²) in [6, 6.07) is 5.29. The van der Waals surface area contributed by atoms with Crippen molar-refractivity contribution in [2.45, 2.75) is 13.3 Å². The highest BCUT2D eigenvalue weighted by atomic mass is 16.5. The van der Waals surface area contributed by atoms with Gasteiger partial charge in [0.2, 0.25) is 0 Å². The monoisotopic (exact) mass is 180 g/mol. The normalized spacial score (nSPS) is 9.38. The molecule has 13 heavy (non-hydrogen) atoms. The Hall–Kier alpha value is -1.51. The summed E-state index contributed by atoms with van der Waals surface area (Å²) in [4.78, 5) is 10.1. The van der Waals surface area contributed by atoms with Gasteiger partial charge in [-0.05, 0) is 30.2 Å². The van der Waals surface area contributed by atoms with Crippen molar-refractivity contribution in [1.29, 1.82) is 0 Å². The van der Waals surface area contributed by atoms with Crippen LogP contribution in [0, 0.1) is 0 Å². The van der Waals surface area contributed by atoms with Gasteiger partial charge in [-0.15, -0.1) is 0 Å². The highest BCUT2D eigenvalue weighted by molar-refractivity contribution is 5.48. The second kappa shape index (κ2) is 4.50. The van der Waals surface area contributed by atoms with Crippen LogP contribution in [-0.4, -0.2) is 13.6 Å². The topological polar surface area (TPSA) is 35.5 Å². The lowest BCUT2D eigenvalue weighted by Gasteiger charge is -2.07. The summed E-state index contributed by atoms with van der Waals surface area (Å²) in [5.41, 5.74) is 1.03.